The smallest absolute Gasteiger partial charge is 0.227 e. The molecule has 1 amide bonds. The third-order valence-corrected chi connectivity index (χ3v) is 2.95. The second-order valence-electron chi connectivity index (χ2n) is 4.56. The molecular weight excluding hydrogens is 274 g/mol. The van der Waals surface area contributed by atoms with E-state index in [2.05, 4.69) is 5.16 Å². The first-order valence-electron chi connectivity index (χ1n) is 6.58. The summed E-state index contributed by atoms with van der Waals surface area (Å²) in [6.07, 6.45) is 0.459. The fourth-order valence-corrected chi connectivity index (χ4v) is 1.82. The Hall–Kier alpha value is -2.28. The van der Waals surface area contributed by atoms with Gasteiger partial charge >= 0.3 is 0 Å². The minimum Gasteiger partial charge on any atom is -0.508 e. The molecule has 0 atom stereocenters. The summed E-state index contributed by atoms with van der Waals surface area (Å²) in [5.74, 6) is 0.0892. The predicted molar refractivity (Wildman–Crippen MR) is 78.3 cm³/mol. The monoisotopic (exact) mass is 295 g/mol. The third-order valence-electron chi connectivity index (χ3n) is 2.95. The van der Waals surface area contributed by atoms with Crippen molar-refractivity contribution in [1.29, 1.82) is 0 Å². The van der Waals surface area contributed by atoms with Crippen LogP contribution in [0.25, 0.3) is 0 Å². The molecular formula is C14H21N3O4. The van der Waals surface area contributed by atoms with Crippen LogP contribution in [-0.4, -0.2) is 53.8 Å². The Bertz CT molecular complexity index is 491. The van der Waals surface area contributed by atoms with E-state index in [9.17, 15) is 9.90 Å². The predicted octanol–water partition coefficient (Wildman–Crippen LogP) is 0.546. The van der Waals surface area contributed by atoms with Crippen molar-refractivity contribution in [1.82, 2.24) is 4.90 Å². The molecule has 0 aliphatic rings. The third kappa shape index (κ3) is 6.13. The van der Waals surface area contributed by atoms with Gasteiger partial charge in [0.2, 0.25) is 5.91 Å². The number of ether oxygens (including phenoxy) is 1. The minimum atomic E-state index is -0.108. The molecule has 0 bridgehead atoms. The lowest BCUT2D eigenvalue weighted by Crippen LogP contribution is -2.37. The largest absolute Gasteiger partial charge is 0.508 e. The van der Waals surface area contributed by atoms with Crippen LogP contribution in [0, 0.1) is 0 Å². The van der Waals surface area contributed by atoms with Gasteiger partial charge in [0, 0.05) is 26.6 Å². The first kappa shape index (κ1) is 16.8. The quantitative estimate of drug-likeness (QED) is 0.281. The molecule has 1 aromatic rings. The second kappa shape index (κ2) is 8.80. The summed E-state index contributed by atoms with van der Waals surface area (Å²) in [4.78, 5) is 13.9. The number of aromatic hydroxyl groups is 1. The zero-order valence-corrected chi connectivity index (χ0v) is 12.0. The number of nitrogens with two attached hydrogens (primary N) is 1. The molecule has 0 unspecified atom stereocenters. The number of amides is 1. The van der Waals surface area contributed by atoms with E-state index in [1.807, 2.05) is 0 Å². The molecule has 21 heavy (non-hydrogen) atoms. The Labute approximate surface area is 123 Å². The topological polar surface area (TPSA) is 108 Å². The number of rotatable bonds is 8. The van der Waals surface area contributed by atoms with E-state index in [4.69, 9.17) is 15.7 Å². The van der Waals surface area contributed by atoms with Gasteiger partial charge in [-0.25, -0.2) is 0 Å². The van der Waals surface area contributed by atoms with E-state index >= 15 is 0 Å². The van der Waals surface area contributed by atoms with Crippen LogP contribution in [0.4, 0.5) is 0 Å². The van der Waals surface area contributed by atoms with Crippen molar-refractivity contribution in [3.63, 3.8) is 0 Å². The van der Waals surface area contributed by atoms with Crippen LogP contribution in [0.5, 0.6) is 5.75 Å². The molecule has 1 rings (SSSR count). The summed E-state index contributed by atoms with van der Waals surface area (Å²) in [7, 11) is 1.56. The number of oxime groups is 1. The summed E-state index contributed by atoms with van der Waals surface area (Å²) < 4.78 is 4.98. The molecule has 0 aliphatic heterocycles. The van der Waals surface area contributed by atoms with Crippen molar-refractivity contribution in [3.05, 3.63) is 29.8 Å². The van der Waals surface area contributed by atoms with Gasteiger partial charge in [-0.2, -0.15) is 0 Å². The van der Waals surface area contributed by atoms with Gasteiger partial charge in [-0.15, -0.1) is 0 Å². The highest BCUT2D eigenvalue weighted by molar-refractivity contribution is 5.82. The van der Waals surface area contributed by atoms with Crippen LogP contribution in [0.1, 0.15) is 12.0 Å². The van der Waals surface area contributed by atoms with Crippen molar-refractivity contribution < 1.29 is 19.8 Å². The molecule has 0 aliphatic carbocycles. The van der Waals surface area contributed by atoms with Crippen LogP contribution >= 0.6 is 0 Å². The number of benzene rings is 1. The van der Waals surface area contributed by atoms with Crippen molar-refractivity contribution in [2.75, 3.05) is 26.8 Å². The summed E-state index contributed by atoms with van der Waals surface area (Å²) in [5.41, 5.74) is 6.15. The Balaban J connectivity index is 2.65. The van der Waals surface area contributed by atoms with E-state index in [0.717, 1.165) is 5.56 Å². The van der Waals surface area contributed by atoms with E-state index in [1.54, 1.807) is 36.3 Å². The van der Waals surface area contributed by atoms with E-state index < -0.39 is 0 Å². The standard InChI is InChI=1S/C14H21N3O4/c1-21-8-7-17(6-5-13(15)16-20)14(19)10-11-3-2-4-12(18)9-11/h2-4,9,18,20H,5-8,10H2,1H3,(H2,15,16). The van der Waals surface area contributed by atoms with Gasteiger partial charge in [0.15, 0.2) is 0 Å². The number of phenolic OH excluding ortho intramolecular Hbond substituents is 1. The molecule has 0 fully saturated rings. The number of carbonyl (C=O) groups is 1. The fraction of sp³-hybridized carbons (Fsp3) is 0.429. The number of hydrogen-bond donors (Lipinski definition) is 3. The Kier molecular flexibility index (Phi) is 7.03. The molecule has 0 radical (unpaired) electrons. The van der Waals surface area contributed by atoms with Crippen LogP contribution in [-0.2, 0) is 16.0 Å². The molecule has 116 valence electrons. The lowest BCUT2D eigenvalue weighted by atomic mass is 10.1. The number of carbonyl (C=O) groups excluding carboxylic acids is 1. The van der Waals surface area contributed by atoms with Crippen LogP contribution in [0.2, 0.25) is 0 Å². The van der Waals surface area contributed by atoms with Crippen molar-refractivity contribution in [2.45, 2.75) is 12.8 Å². The first-order chi connectivity index (χ1) is 10.1. The highest BCUT2D eigenvalue weighted by atomic mass is 16.5. The summed E-state index contributed by atoms with van der Waals surface area (Å²) >= 11 is 0. The molecule has 0 aromatic heterocycles. The van der Waals surface area contributed by atoms with Crippen molar-refractivity contribution in [2.24, 2.45) is 10.9 Å². The fourth-order valence-electron chi connectivity index (χ4n) is 1.82. The Morgan fingerprint density at radius 3 is 2.81 bits per heavy atom. The minimum absolute atomic E-state index is 0.0718. The lowest BCUT2D eigenvalue weighted by molar-refractivity contribution is -0.131. The zero-order chi connectivity index (χ0) is 15.7. The Morgan fingerprint density at radius 1 is 1.43 bits per heavy atom. The number of methoxy groups -OCH3 is 1. The van der Waals surface area contributed by atoms with E-state index in [-0.39, 0.29) is 30.3 Å². The molecule has 0 heterocycles. The van der Waals surface area contributed by atoms with Crippen molar-refractivity contribution >= 4 is 11.7 Å². The first-order valence-corrected chi connectivity index (χ1v) is 6.58. The van der Waals surface area contributed by atoms with E-state index in [0.29, 0.717) is 19.7 Å². The molecule has 1 aromatic carbocycles. The average Bonchev–Trinajstić information content (AvgIpc) is 2.46. The number of phenols is 1. The summed E-state index contributed by atoms with van der Waals surface area (Å²) in [5, 5.41) is 20.8. The maximum absolute atomic E-state index is 12.3. The number of hydrogen-bond acceptors (Lipinski definition) is 5. The highest BCUT2D eigenvalue weighted by Gasteiger charge is 2.14. The van der Waals surface area contributed by atoms with Gasteiger partial charge in [0.25, 0.3) is 0 Å². The summed E-state index contributed by atoms with van der Waals surface area (Å²) in [6, 6.07) is 6.56. The van der Waals surface area contributed by atoms with Gasteiger partial charge in [0.05, 0.1) is 13.0 Å². The Morgan fingerprint density at radius 2 is 2.19 bits per heavy atom. The van der Waals surface area contributed by atoms with E-state index in [1.165, 1.54) is 0 Å². The SMILES string of the molecule is COCCN(CCC(N)=NO)C(=O)Cc1cccc(O)c1. The molecule has 0 saturated heterocycles. The van der Waals surface area contributed by atoms with Gasteiger partial charge in [0.1, 0.15) is 11.6 Å². The number of nitrogens with zero attached hydrogens (tertiary/aromatic N) is 2. The molecule has 4 N–H and O–H groups in total. The normalized spacial score (nSPS) is 11.4. The van der Waals surface area contributed by atoms with Gasteiger partial charge < -0.3 is 25.7 Å². The average molecular weight is 295 g/mol. The van der Waals surface area contributed by atoms with Gasteiger partial charge in [-0.3, -0.25) is 4.79 Å². The lowest BCUT2D eigenvalue weighted by Gasteiger charge is -2.22. The van der Waals surface area contributed by atoms with Gasteiger partial charge in [-0.1, -0.05) is 17.3 Å². The van der Waals surface area contributed by atoms with Crippen LogP contribution in [0.3, 0.4) is 0 Å². The second-order valence-corrected chi connectivity index (χ2v) is 4.56. The molecule has 0 spiro atoms. The highest BCUT2D eigenvalue weighted by Crippen LogP contribution is 2.12. The van der Waals surface area contributed by atoms with Crippen LogP contribution < -0.4 is 5.73 Å². The number of amidine groups is 1. The maximum atomic E-state index is 12.3. The van der Waals surface area contributed by atoms with Crippen LogP contribution in [0.15, 0.2) is 29.4 Å². The molecule has 0 saturated carbocycles. The molecule has 7 heteroatoms. The zero-order valence-electron chi connectivity index (χ0n) is 12.0. The summed E-state index contributed by atoms with van der Waals surface area (Å²) in [6.45, 7) is 1.17. The maximum Gasteiger partial charge on any atom is 0.227 e. The van der Waals surface area contributed by atoms with Gasteiger partial charge in [-0.05, 0) is 17.7 Å². The molecule has 7 nitrogen and oxygen atoms in total. The van der Waals surface area contributed by atoms with Crippen molar-refractivity contribution in [3.8, 4) is 5.75 Å².